The van der Waals surface area contributed by atoms with E-state index in [-0.39, 0.29) is 36.4 Å². The Bertz CT molecular complexity index is 561. The second-order valence-corrected chi connectivity index (χ2v) is 8.44. The molecule has 2 aliphatic carbocycles. The van der Waals surface area contributed by atoms with Crippen LogP contribution in [-0.4, -0.2) is 75.4 Å². The van der Waals surface area contributed by atoms with E-state index in [1.807, 2.05) is 0 Å². The lowest BCUT2D eigenvalue weighted by atomic mass is 9.46. The van der Waals surface area contributed by atoms with Crippen LogP contribution in [0.5, 0.6) is 0 Å². The summed E-state index contributed by atoms with van der Waals surface area (Å²) >= 11 is 0. The van der Waals surface area contributed by atoms with Crippen molar-refractivity contribution in [3.8, 4) is 0 Å². The number of guanidine groups is 1. The van der Waals surface area contributed by atoms with E-state index in [9.17, 15) is 4.79 Å². The van der Waals surface area contributed by atoms with Crippen molar-refractivity contribution in [2.75, 3.05) is 40.5 Å². The number of likely N-dealkylation sites (N-methyl/N-ethyl adjacent to an activating group) is 1. The molecule has 4 aliphatic rings. The minimum atomic E-state index is 0. The third-order valence-corrected chi connectivity index (χ3v) is 6.76. The Labute approximate surface area is 179 Å². The molecule has 0 radical (unpaired) electrons. The zero-order chi connectivity index (χ0) is 18.1. The predicted molar refractivity (Wildman–Crippen MR) is 114 cm³/mol. The molecule has 27 heavy (non-hydrogen) atoms. The summed E-state index contributed by atoms with van der Waals surface area (Å²) in [5, 5.41) is 7.27. The lowest BCUT2D eigenvalue weighted by Crippen LogP contribution is -2.72. The van der Waals surface area contributed by atoms with E-state index in [0.29, 0.717) is 29.5 Å². The lowest BCUT2D eigenvalue weighted by molar-refractivity contribution is -0.171. The first kappa shape index (κ1) is 21.1. The summed E-state index contributed by atoms with van der Waals surface area (Å²) in [5.74, 6) is 1.39. The molecule has 3 unspecified atom stereocenters. The van der Waals surface area contributed by atoms with E-state index in [4.69, 9.17) is 9.47 Å². The number of nitrogens with zero attached hydrogens (tertiary/aromatic N) is 2. The number of hydrogen-bond acceptors (Lipinski definition) is 4. The Kier molecular flexibility index (Phi) is 6.89. The number of ether oxygens (including phenoxy) is 2. The third-order valence-electron chi connectivity index (χ3n) is 6.76. The number of carbonyl (C=O) groups is 1. The molecule has 2 aliphatic heterocycles. The molecule has 2 N–H and O–H groups in total. The van der Waals surface area contributed by atoms with Gasteiger partial charge in [-0.2, -0.15) is 0 Å². The molecule has 2 saturated carbocycles. The number of nitrogens with one attached hydrogen (secondary N) is 2. The van der Waals surface area contributed by atoms with Gasteiger partial charge < -0.3 is 25.0 Å². The minimum Gasteiger partial charge on any atom is -0.381 e. The molecule has 0 bridgehead atoms. The zero-order valence-corrected chi connectivity index (χ0v) is 18.7. The average molecular weight is 492 g/mol. The fourth-order valence-corrected chi connectivity index (χ4v) is 5.06. The Balaban J connectivity index is 0.00000210. The van der Waals surface area contributed by atoms with E-state index >= 15 is 0 Å². The first-order valence-corrected chi connectivity index (χ1v) is 10.1. The van der Waals surface area contributed by atoms with Crippen molar-refractivity contribution in [1.82, 2.24) is 15.5 Å². The van der Waals surface area contributed by atoms with Gasteiger partial charge in [-0.25, -0.2) is 4.99 Å². The number of amides is 1. The molecule has 0 aromatic heterocycles. The molecular formula is C19H33IN4O3. The van der Waals surface area contributed by atoms with Gasteiger partial charge in [-0.15, -0.1) is 24.0 Å². The number of hydrogen-bond donors (Lipinski definition) is 2. The van der Waals surface area contributed by atoms with Gasteiger partial charge >= 0.3 is 0 Å². The van der Waals surface area contributed by atoms with E-state index in [0.717, 1.165) is 45.0 Å². The van der Waals surface area contributed by atoms with E-state index in [1.165, 1.54) is 19.3 Å². The Morgan fingerprint density at radius 2 is 1.89 bits per heavy atom. The van der Waals surface area contributed by atoms with E-state index < -0.39 is 0 Å². The summed E-state index contributed by atoms with van der Waals surface area (Å²) in [6.45, 7) is 2.63. The number of rotatable bonds is 4. The molecule has 2 saturated heterocycles. The van der Waals surface area contributed by atoms with Crippen molar-refractivity contribution in [3.05, 3.63) is 0 Å². The van der Waals surface area contributed by atoms with Crippen LogP contribution in [0.2, 0.25) is 0 Å². The van der Waals surface area contributed by atoms with Crippen LogP contribution in [-0.2, 0) is 14.3 Å². The molecule has 154 valence electrons. The maximum atomic E-state index is 12.0. The van der Waals surface area contributed by atoms with Crippen LogP contribution in [0.15, 0.2) is 4.99 Å². The van der Waals surface area contributed by atoms with Crippen LogP contribution in [0.25, 0.3) is 0 Å². The van der Waals surface area contributed by atoms with E-state index in [2.05, 4.69) is 15.6 Å². The topological polar surface area (TPSA) is 75.2 Å². The number of aliphatic imine (C=N–C) groups is 1. The summed E-state index contributed by atoms with van der Waals surface area (Å²) in [5.41, 5.74) is 0.296. The van der Waals surface area contributed by atoms with Gasteiger partial charge in [0.05, 0.1) is 6.10 Å². The Morgan fingerprint density at radius 3 is 2.52 bits per heavy atom. The molecule has 4 fully saturated rings. The molecule has 3 atom stereocenters. The molecule has 4 rings (SSSR count). The summed E-state index contributed by atoms with van der Waals surface area (Å²) in [4.78, 5) is 18.2. The van der Waals surface area contributed by atoms with Crippen molar-refractivity contribution in [2.45, 2.75) is 56.7 Å². The summed E-state index contributed by atoms with van der Waals surface area (Å²) in [7, 11) is 3.54. The van der Waals surface area contributed by atoms with Crippen LogP contribution in [0.4, 0.5) is 0 Å². The van der Waals surface area contributed by atoms with Gasteiger partial charge in [-0.3, -0.25) is 4.79 Å². The highest BCUT2D eigenvalue weighted by Crippen LogP contribution is 2.62. The third kappa shape index (κ3) is 4.07. The SMILES string of the molecule is CN(C)C(=O)CN=C(NC1CCOCC1)NC1C2CCOC2C12CCC2.I. The van der Waals surface area contributed by atoms with Gasteiger partial charge in [0.1, 0.15) is 6.54 Å². The number of fused-ring (bicyclic) bond motifs is 2. The molecule has 0 aromatic carbocycles. The monoisotopic (exact) mass is 492 g/mol. The first-order valence-electron chi connectivity index (χ1n) is 10.1. The number of halogens is 1. The van der Waals surface area contributed by atoms with Crippen molar-refractivity contribution >= 4 is 35.8 Å². The van der Waals surface area contributed by atoms with Crippen LogP contribution in [0, 0.1) is 11.3 Å². The van der Waals surface area contributed by atoms with Crippen LogP contribution in [0.1, 0.15) is 38.5 Å². The highest BCUT2D eigenvalue weighted by atomic mass is 127. The van der Waals surface area contributed by atoms with Crippen LogP contribution >= 0.6 is 24.0 Å². The first-order chi connectivity index (χ1) is 12.6. The molecule has 1 amide bonds. The summed E-state index contributed by atoms with van der Waals surface area (Å²) < 4.78 is 11.5. The fraction of sp³-hybridized carbons (Fsp3) is 0.895. The van der Waals surface area contributed by atoms with Crippen LogP contribution in [0.3, 0.4) is 0 Å². The average Bonchev–Trinajstić information content (AvgIpc) is 3.01. The van der Waals surface area contributed by atoms with Crippen molar-refractivity contribution < 1.29 is 14.3 Å². The van der Waals surface area contributed by atoms with Gasteiger partial charge in [0, 0.05) is 57.3 Å². The molecule has 1 spiro atoms. The van der Waals surface area contributed by atoms with Gasteiger partial charge in [-0.1, -0.05) is 6.42 Å². The van der Waals surface area contributed by atoms with Crippen molar-refractivity contribution in [3.63, 3.8) is 0 Å². The highest BCUT2D eigenvalue weighted by molar-refractivity contribution is 14.0. The zero-order valence-electron chi connectivity index (χ0n) is 16.4. The normalized spacial score (nSPS) is 31.9. The lowest BCUT2D eigenvalue weighted by Gasteiger charge is -2.63. The molecular weight excluding hydrogens is 459 g/mol. The van der Waals surface area contributed by atoms with Crippen molar-refractivity contribution in [2.24, 2.45) is 16.3 Å². The molecule has 2 heterocycles. The molecule has 7 nitrogen and oxygen atoms in total. The minimum absolute atomic E-state index is 0. The largest absolute Gasteiger partial charge is 0.381 e. The predicted octanol–water partition coefficient (Wildman–Crippen LogP) is 1.36. The maximum Gasteiger partial charge on any atom is 0.243 e. The number of carbonyl (C=O) groups excluding carboxylic acids is 1. The maximum absolute atomic E-state index is 12.0. The summed E-state index contributed by atoms with van der Waals surface area (Å²) in [6.07, 6.45) is 7.30. The smallest absolute Gasteiger partial charge is 0.243 e. The Hall–Kier alpha value is -0.610. The van der Waals surface area contributed by atoms with E-state index in [1.54, 1.807) is 19.0 Å². The van der Waals surface area contributed by atoms with Crippen LogP contribution < -0.4 is 10.6 Å². The molecule has 8 heteroatoms. The van der Waals surface area contributed by atoms with Gasteiger partial charge in [0.25, 0.3) is 0 Å². The van der Waals surface area contributed by atoms with Gasteiger partial charge in [-0.05, 0) is 32.1 Å². The fourth-order valence-electron chi connectivity index (χ4n) is 5.06. The second-order valence-electron chi connectivity index (χ2n) is 8.44. The van der Waals surface area contributed by atoms with Crippen molar-refractivity contribution in [1.29, 1.82) is 0 Å². The van der Waals surface area contributed by atoms with Gasteiger partial charge in [0.15, 0.2) is 5.96 Å². The summed E-state index contributed by atoms with van der Waals surface area (Å²) in [6, 6.07) is 0.779. The second kappa shape index (κ2) is 8.82. The highest BCUT2D eigenvalue weighted by Gasteiger charge is 2.66. The standard InChI is InChI=1S/C19H32N4O3.HI/c1-23(2)15(24)12-20-18(21-13-4-9-25-10-5-13)22-16-14-6-11-26-17(14)19(16)7-3-8-19;/h13-14,16-17H,3-12H2,1-2H3,(H2,20,21,22);1H. The Morgan fingerprint density at radius 1 is 1.15 bits per heavy atom. The van der Waals surface area contributed by atoms with Gasteiger partial charge in [0.2, 0.25) is 5.91 Å². The quantitative estimate of drug-likeness (QED) is 0.352. The molecule has 0 aromatic rings.